The number of carboxylic acid groups (broad SMARTS) is 1. The second-order valence-electron chi connectivity index (χ2n) is 4.39. The zero-order valence-electron chi connectivity index (χ0n) is 11.8. The summed E-state index contributed by atoms with van der Waals surface area (Å²) in [4.78, 5) is 32.5. The number of hydrogen-bond acceptors (Lipinski definition) is 6. The topological polar surface area (TPSA) is 121 Å². The van der Waals surface area contributed by atoms with Gasteiger partial charge in [-0.05, 0) is 5.56 Å². The van der Waals surface area contributed by atoms with Gasteiger partial charge in [0.2, 0.25) is 11.8 Å². The van der Waals surface area contributed by atoms with E-state index in [-0.39, 0.29) is 6.61 Å². The number of benzene rings is 1. The number of carbonyl (C=O) groups excluding carboxylic acids is 1. The van der Waals surface area contributed by atoms with Crippen LogP contribution in [0.15, 0.2) is 42.5 Å². The van der Waals surface area contributed by atoms with Crippen molar-refractivity contribution in [3.05, 3.63) is 48.0 Å². The highest BCUT2D eigenvalue weighted by Crippen LogP contribution is 2.18. The lowest BCUT2D eigenvalue weighted by Crippen LogP contribution is -2.38. The van der Waals surface area contributed by atoms with Crippen molar-refractivity contribution in [1.82, 2.24) is 9.79 Å². The number of rotatable bonds is 6. The SMILES string of the molecule is O=C(CN(OCc1ccccc1)C(=O)O)On1c(O)ccc1O. The van der Waals surface area contributed by atoms with Crippen LogP contribution in [0.25, 0.3) is 0 Å². The van der Waals surface area contributed by atoms with Crippen molar-refractivity contribution in [2.75, 3.05) is 6.54 Å². The van der Waals surface area contributed by atoms with Crippen LogP contribution < -0.4 is 4.84 Å². The third kappa shape index (κ3) is 4.38. The van der Waals surface area contributed by atoms with E-state index in [2.05, 4.69) is 4.84 Å². The lowest BCUT2D eigenvalue weighted by Gasteiger charge is -2.17. The number of carbonyl (C=O) groups is 2. The van der Waals surface area contributed by atoms with Crippen LogP contribution in [0.4, 0.5) is 4.79 Å². The second kappa shape index (κ2) is 7.18. The molecular formula is C14H14N2O7. The number of amides is 1. The molecule has 0 saturated heterocycles. The zero-order valence-corrected chi connectivity index (χ0v) is 11.8. The van der Waals surface area contributed by atoms with Crippen LogP contribution in [-0.2, 0) is 16.2 Å². The first-order valence-corrected chi connectivity index (χ1v) is 6.45. The largest absolute Gasteiger partial charge is 0.492 e. The van der Waals surface area contributed by atoms with E-state index in [0.717, 1.165) is 12.1 Å². The fourth-order valence-electron chi connectivity index (χ4n) is 1.64. The molecule has 0 saturated carbocycles. The molecule has 2 aromatic rings. The Labute approximate surface area is 130 Å². The van der Waals surface area contributed by atoms with Gasteiger partial charge in [0.25, 0.3) is 0 Å². The Kier molecular flexibility index (Phi) is 5.05. The predicted molar refractivity (Wildman–Crippen MR) is 75.3 cm³/mol. The van der Waals surface area contributed by atoms with E-state index in [1.165, 1.54) is 0 Å². The van der Waals surface area contributed by atoms with Crippen molar-refractivity contribution in [3.63, 3.8) is 0 Å². The predicted octanol–water partition coefficient (Wildman–Crippen LogP) is 0.966. The number of aromatic nitrogens is 1. The molecule has 1 amide bonds. The molecule has 0 aliphatic carbocycles. The van der Waals surface area contributed by atoms with Crippen LogP contribution in [0.5, 0.6) is 11.8 Å². The van der Waals surface area contributed by atoms with Crippen LogP contribution in [-0.4, -0.2) is 43.7 Å². The summed E-state index contributed by atoms with van der Waals surface area (Å²) >= 11 is 0. The minimum atomic E-state index is -1.49. The van der Waals surface area contributed by atoms with Gasteiger partial charge in [-0.3, -0.25) is 4.84 Å². The number of aromatic hydroxyl groups is 2. The molecule has 0 atom stereocenters. The lowest BCUT2D eigenvalue weighted by atomic mass is 10.2. The standard InChI is InChI=1S/C14H14N2O7/c17-11-6-7-12(18)16(11)23-13(19)8-15(14(20)21)22-9-10-4-2-1-3-5-10/h1-7,17-18H,8-9H2,(H,20,21). The second-order valence-corrected chi connectivity index (χ2v) is 4.39. The molecule has 122 valence electrons. The lowest BCUT2D eigenvalue weighted by molar-refractivity contribution is -0.171. The fourth-order valence-corrected chi connectivity index (χ4v) is 1.64. The third-order valence-corrected chi connectivity index (χ3v) is 2.71. The van der Waals surface area contributed by atoms with E-state index >= 15 is 0 Å². The van der Waals surface area contributed by atoms with Gasteiger partial charge in [-0.2, -0.15) is 5.06 Å². The van der Waals surface area contributed by atoms with E-state index in [0.29, 0.717) is 15.4 Å². The molecule has 0 radical (unpaired) electrons. The Morgan fingerprint density at radius 1 is 1.04 bits per heavy atom. The molecule has 0 bridgehead atoms. The summed E-state index contributed by atoms with van der Waals surface area (Å²) in [6.45, 7) is -0.806. The number of hydroxylamine groups is 2. The van der Waals surface area contributed by atoms with Crippen molar-refractivity contribution in [2.45, 2.75) is 6.61 Å². The summed E-state index contributed by atoms with van der Waals surface area (Å²) in [6.07, 6.45) is -1.49. The molecule has 3 N–H and O–H groups in total. The Hall–Kier alpha value is -3.20. The van der Waals surface area contributed by atoms with Crippen LogP contribution >= 0.6 is 0 Å². The molecule has 0 aliphatic heterocycles. The molecule has 0 fully saturated rings. The van der Waals surface area contributed by atoms with Crippen molar-refractivity contribution < 1.29 is 34.6 Å². The Balaban J connectivity index is 1.93. The van der Waals surface area contributed by atoms with Gasteiger partial charge in [-0.1, -0.05) is 30.3 Å². The number of nitrogens with zero attached hydrogens (tertiary/aromatic N) is 2. The summed E-state index contributed by atoms with van der Waals surface area (Å²) in [6, 6.07) is 11.0. The Morgan fingerprint density at radius 3 is 2.22 bits per heavy atom. The maximum atomic E-state index is 11.7. The minimum Gasteiger partial charge on any atom is -0.492 e. The van der Waals surface area contributed by atoms with Crippen LogP contribution in [0, 0.1) is 0 Å². The van der Waals surface area contributed by atoms with Crippen molar-refractivity contribution in [2.24, 2.45) is 0 Å². The normalized spacial score (nSPS) is 10.3. The maximum absolute atomic E-state index is 11.7. The van der Waals surface area contributed by atoms with Gasteiger partial charge in [0, 0.05) is 12.1 Å². The van der Waals surface area contributed by atoms with Crippen molar-refractivity contribution in [1.29, 1.82) is 0 Å². The highest BCUT2D eigenvalue weighted by molar-refractivity contribution is 5.76. The zero-order chi connectivity index (χ0) is 16.8. The first-order chi connectivity index (χ1) is 11.0. The maximum Gasteiger partial charge on any atom is 0.432 e. The van der Waals surface area contributed by atoms with E-state index in [4.69, 9.17) is 9.94 Å². The van der Waals surface area contributed by atoms with Crippen molar-refractivity contribution >= 4 is 12.1 Å². The van der Waals surface area contributed by atoms with Gasteiger partial charge in [0.1, 0.15) is 6.61 Å². The van der Waals surface area contributed by atoms with Crippen LogP contribution in [0.2, 0.25) is 0 Å². The Morgan fingerprint density at radius 2 is 1.65 bits per heavy atom. The summed E-state index contributed by atoms with van der Waals surface area (Å²) in [7, 11) is 0. The van der Waals surface area contributed by atoms with Crippen LogP contribution in [0.3, 0.4) is 0 Å². The van der Waals surface area contributed by atoms with Gasteiger partial charge >= 0.3 is 12.1 Å². The first-order valence-electron chi connectivity index (χ1n) is 6.45. The molecule has 1 aromatic heterocycles. The van der Waals surface area contributed by atoms with Gasteiger partial charge in [-0.15, -0.1) is 4.73 Å². The molecule has 2 rings (SSSR count). The summed E-state index contributed by atoms with van der Waals surface area (Å²) in [5, 5.41) is 28.1. The highest BCUT2D eigenvalue weighted by atomic mass is 16.7. The van der Waals surface area contributed by atoms with Crippen molar-refractivity contribution in [3.8, 4) is 11.8 Å². The first kappa shape index (κ1) is 16.2. The minimum absolute atomic E-state index is 0.0551. The summed E-state index contributed by atoms with van der Waals surface area (Å²) < 4.78 is 0.458. The van der Waals surface area contributed by atoms with E-state index in [1.54, 1.807) is 30.3 Å². The molecule has 1 heterocycles. The van der Waals surface area contributed by atoms with Gasteiger partial charge in [0.15, 0.2) is 6.54 Å². The average molecular weight is 322 g/mol. The van der Waals surface area contributed by atoms with Gasteiger partial charge in [0.05, 0.1) is 0 Å². The van der Waals surface area contributed by atoms with Crippen LogP contribution in [0.1, 0.15) is 5.56 Å². The van der Waals surface area contributed by atoms with E-state index in [9.17, 15) is 19.8 Å². The summed E-state index contributed by atoms with van der Waals surface area (Å²) in [5.41, 5.74) is 0.716. The molecule has 0 unspecified atom stereocenters. The average Bonchev–Trinajstić information content (AvgIpc) is 2.84. The molecule has 23 heavy (non-hydrogen) atoms. The van der Waals surface area contributed by atoms with Gasteiger partial charge < -0.3 is 20.2 Å². The summed E-state index contributed by atoms with van der Waals surface area (Å²) in [5.74, 6) is -2.08. The quantitative estimate of drug-likeness (QED) is 0.677. The van der Waals surface area contributed by atoms with Gasteiger partial charge in [-0.25, -0.2) is 9.59 Å². The fraction of sp³-hybridized carbons (Fsp3) is 0.143. The molecule has 9 heteroatoms. The monoisotopic (exact) mass is 322 g/mol. The molecular weight excluding hydrogens is 308 g/mol. The molecule has 0 aliphatic rings. The molecule has 0 spiro atoms. The molecule has 1 aromatic carbocycles. The van der Waals surface area contributed by atoms with E-state index in [1.807, 2.05) is 0 Å². The molecule has 9 nitrogen and oxygen atoms in total. The highest BCUT2D eigenvalue weighted by Gasteiger charge is 2.21. The Bertz CT molecular complexity index is 664. The third-order valence-electron chi connectivity index (χ3n) is 2.71. The smallest absolute Gasteiger partial charge is 0.432 e. The number of hydrogen-bond donors (Lipinski definition) is 3. The van der Waals surface area contributed by atoms with E-state index < -0.39 is 30.4 Å².